The predicted molar refractivity (Wildman–Crippen MR) is 117 cm³/mol. The van der Waals surface area contributed by atoms with E-state index >= 15 is 0 Å². The summed E-state index contributed by atoms with van der Waals surface area (Å²) < 4.78 is 26.8. The molecule has 0 saturated carbocycles. The molecule has 2 aliphatic heterocycles. The lowest BCUT2D eigenvalue weighted by Gasteiger charge is -2.40. The maximum absolute atomic E-state index is 14.4. The van der Waals surface area contributed by atoms with Crippen molar-refractivity contribution < 1.29 is 19.0 Å². The number of halogens is 1. The van der Waals surface area contributed by atoms with Gasteiger partial charge in [-0.15, -0.1) is 0 Å². The Balaban J connectivity index is 1.69. The van der Waals surface area contributed by atoms with E-state index in [-0.39, 0.29) is 11.8 Å². The topological polar surface area (TPSA) is 92.4 Å². The minimum absolute atomic E-state index is 0.0194. The van der Waals surface area contributed by atoms with Crippen LogP contribution in [0.1, 0.15) is 17.5 Å². The second kappa shape index (κ2) is 7.60. The van der Waals surface area contributed by atoms with Gasteiger partial charge in [0.05, 0.1) is 18.1 Å². The number of aliphatic imine (C=N–C) groups is 2. The molecule has 0 bridgehead atoms. The van der Waals surface area contributed by atoms with Crippen LogP contribution in [0.4, 0.5) is 4.39 Å². The largest absolute Gasteiger partial charge is 0.506 e. The number of ether oxygens (including phenoxy) is 2. The fourth-order valence-electron chi connectivity index (χ4n) is 3.92. The Hall–Kier alpha value is -4.01. The summed E-state index contributed by atoms with van der Waals surface area (Å²) >= 11 is 0. The van der Waals surface area contributed by atoms with Crippen LogP contribution in [0.3, 0.4) is 0 Å². The number of amidine groups is 1. The number of aromatic nitrogens is 2. The van der Waals surface area contributed by atoms with Gasteiger partial charge in [-0.05, 0) is 35.9 Å². The van der Waals surface area contributed by atoms with Crippen molar-refractivity contribution in [2.75, 3.05) is 20.6 Å². The summed E-state index contributed by atoms with van der Waals surface area (Å²) in [5, 5.41) is 10.2. The smallest absolute Gasteiger partial charge is 0.314 e. The first-order chi connectivity index (χ1) is 15.5. The highest BCUT2D eigenvalue weighted by molar-refractivity contribution is 5.84. The number of rotatable bonds is 2. The Morgan fingerprint density at radius 2 is 2.06 bits per heavy atom. The molecule has 8 nitrogen and oxygen atoms in total. The van der Waals surface area contributed by atoms with Crippen molar-refractivity contribution in [2.24, 2.45) is 9.98 Å². The van der Waals surface area contributed by atoms with Crippen molar-refractivity contribution in [2.45, 2.75) is 12.0 Å². The molecule has 162 valence electrons. The Morgan fingerprint density at radius 1 is 1.19 bits per heavy atom. The van der Waals surface area contributed by atoms with Crippen molar-refractivity contribution >= 4 is 12.4 Å². The molecule has 5 rings (SSSR count). The van der Waals surface area contributed by atoms with Crippen LogP contribution in [-0.2, 0) is 10.3 Å². The highest BCUT2D eigenvalue weighted by Gasteiger charge is 2.48. The Bertz CT molecular complexity index is 1260. The average Bonchev–Trinajstić information content (AvgIpc) is 2.79. The van der Waals surface area contributed by atoms with Gasteiger partial charge >= 0.3 is 6.02 Å². The summed E-state index contributed by atoms with van der Waals surface area (Å²) in [6.07, 6.45) is 4.78. The molecule has 1 aromatic carbocycles. The fourth-order valence-corrected chi connectivity index (χ4v) is 3.92. The van der Waals surface area contributed by atoms with Gasteiger partial charge < -0.3 is 19.5 Å². The monoisotopic (exact) mass is 433 g/mol. The molecule has 32 heavy (non-hydrogen) atoms. The molecule has 2 aliphatic rings. The van der Waals surface area contributed by atoms with Gasteiger partial charge in [-0.25, -0.2) is 15.0 Å². The number of hydrogen-bond donors (Lipinski definition) is 1. The molecule has 9 heteroatoms. The summed E-state index contributed by atoms with van der Waals surface area (Å²) in [6, 6.07) is 10.5. The Morgan fingerprint density at radius 3 is 2.88 bits per heavy atom. The van der Waals surface area contributed by atoms with Crippen molar-refractivity contribution in [3.63, 3.8) is 0 Å². The van der Waals surface area contributed by atoms with Crippen LogP contribution in [0.15, 0.2) is 58.8 Å². The molecule has 0 radical (unpaired) electrons. The normalized spacial score (nSPS) is 19.0. The number of pyridine rings is 2. The van der Waals surface area contributed by atoms with Gasteiger partial charge in [-0.3, -0.25) is 0 Å². The average molecular weight is 433 g/mol. The van der Waals surface area contributed by atoms with Crippen molar-refractivity contribution in [1.29, 1.82) is 0 Å². The van der Waals surface area contributed by atoms with E-state index in [9.17, 15) is 9.50 Å². The summed E-state index contributed by atoms with van der Waals surface area (Å²) in [6.45, 7) is 0.431. The number of aromatic hydroxyl groups is 1. The lowest BCUT2D eigenvalue weighted by molar-refractivity contribution is 0.0625. The van der Waals surface area contributed by atoms with Crippen molar-refractivity contribution in [3.8, 4) is 28.5 Å². The number of fused-ring (bicyclic) bond motifs is 4. The van der Waals surface area contributed by atoms with E-state index in [1.807, 2.05) is 20.2 Å². The summed E-state index contributed by atoms with van der Waals surface area (Å²) in [4.78, 5) is 18.5. The van der Waals surface area contributed by atoms with E-state index in [2.05, 4.69) is 20.0 Å². The molecular weight excluding hydrogens is 413 g/mol. The number of nitrogens with zero attached hydrogens (tertiary/aromatic N) is 5. The van der Waals surface area contributed by atoms with E-state index in [0.29, 0.717) is 46.8 Å². The van der Waals surface area contributed by atoms with Crippen LogP contribution in [0.5, 0.6) is 17.4 Å². The molecule has 1 spiro atoms. The van der Waals surface area contributed by atoms with Crippen LogP contribution in [0.25, 0.3) is 11.1 Å². The van der Waals surface area contributed by atoms with Gasteiger partial charge in [0.2, 0.25) is 11.8 Å². The van der Waals surface area contributed by atoms with Crippen LogP contribution in [0.2, 0.25) is 0 Å². The molecule has 0 fully saturated rings. The van der Waals surface area contributed by atoms with Gasteiger partial charge in [-0.1, -0.05) is 6.07 Å². The van der Waals surface area contributed by atoms with E-state index < -0.39 is 11.5 Å². The van der Waals surface area contributed by atoms with Crippen molar-refractivity contribution in [1.82, 2.24) is 14.9 Å². The zero-order valence-corrected chi connectivity index (χ0v) is 17.5. The SMILES string of the molecule is CN(C)/C=N/C1=NCC[C@]2(O1)c1cc(-c3cccnc3F)ccc1Oc1ncc(O)cc12. The quantitative estimate of drug-likeness (QED) is 0.376. The van der Waals surface area contributed by atoms with Crippen LogP contribution in [0, 0.1) is 5.95 Å². The fraction of sp³-hybridized carbons (Fsp3) is 0.217. The highest BCUT2D eigenvalue weighted by Crippen LogP contribution is 2.52. The summed E-state index contributed by atoms with van der Waals surface area (Å²) in [7, 11) is 3.69. The lowest BCUT2D eigenvalue weighted by Crippen LogP contribution is -2.40. The summed E-state index contributed by atoms with van der Waals surface area (Å²) in [5.74, 6) is 0.268. The van der Waals surface area contributed by atoms with Crippen LogP contribution >= 0.6 is 0 Å². The zero-order chi connectivity index (χ0) is 22.3. The third kappa shape index (κ3) is 3.31. The van der Waals surface area contributed by atoms with Gasteiger partial charge in [0.1, 0.15) is 11.5 Å². The lowest BCUT2D eigenvalue weighted by atomic mass is 9.80. The molecule has 1 N–H and O–H groups in total. The zero-order valence-electron chi connectivity index (χ0n) is 17.5. The third-order valence-electron chi connectivity index (χ3n) is 5.34. The maximum Gasteiger partial charge on any atom is 0.314 e. The minimum Gasteiger partial charge on any atom is -0.506 e. The molecule has 0 aliphatic carbocycles. The maximum atomic E-state index is 14.4. The van der Waals surface area contributed by atoms with E-state index in [1.165, 1.54) is 12.4 Å². The van der Waals surface area contributed by atoms with E-state index in [0.717, 1.165) is 0 Å². The second-order valence-corrected chi connectivity index (χ2v) is 7.75. The second-order valence-electron chi connectivity index (χ2n) is 7.75. The Kier molecular flexibility index (Phi) is 4.73. The van der Waals surface area contributed by atoms with Gasteiger partial charge in [0.15, 0.2) is 5.60 Å². The van der Waals surface area contributed by atoms with Gasteiger partial charge in [0, 0.05) is 44.4 Å². The third-order valence-corrected chi connectivity index (χ3v) is 5.34. The molecule has 3 aromatic rings. The number of hydrogen-bond acceptors (Lipinski definition) is 7. The van der Waals surface area contributed by atoms with E-state index in [4.69, 9.17) is 9.47 Å². The van der Waals surface area contributed by atoms with Crippen LogP contribution < -0.4 is 4.74 Å². The first kappa shape index (κ1) is 19.9. The van der Waals surface area contributed by atoms with E-state index in [1.54, 1.807) is 41.6 Å². The first-order valence-electron chi connectivity index (χ1n) is 10.0. The standard InChI is InChI=1S/C23H20FN5O3/c1-29(2)13-28-22-26-9-7-23(32-22)17-10-14(16-4-3-8-25-20(16)24)5-6-19(17)31-21-18(23)11-15(30)12-27-21/h3-6,8,10-13,30H,7,9H2,1-2H3/b28-13+/t23-/m0/s1. The summed E-state index contributed by atoms with van der Waals surface area (Å²) in [5.41, 5.74) is 1.15. The molecule has 2 aromatic heterocycles. The molecule has 0 unspecified atom stereocenters. The van der Waals surface area contributed by atoms with Gasteiger partial charge in [-0.2, -0.15) is 9.38 Å². The van der Waals surface area contributed by atoms with Gasteiger partial charge in [0.25, 0.3) is 0 Å². The minimum atomic E-state index is -1.07. The molecule has 0 saturated heterocycles. The molecule has 0 amide bonds. The van der Waals surface area contributed by atoms with Crippen molar-refractivity contribution in [3.05, 3.63) is 65.9 Å². The number of benzene rings is 1. The Labute approximate surface area is 183 Å². The highest BCUT2D eigenvalue weighted by atomic mass is 19.1. The molecule has 1 atom stereocenters. The molecular formula is C23H20FN5O3. The molecule has 4 heterocycles. The van der Waals surface area contributed by atoms with Crippen LogP contribution in [-0.4, -0.2) is 53.0 Å². The first-order valence-corrected chi connectivity index (χ1v) is 10.0. The predicted octanol–water partition coefficient (Wildman–Crippen LogP) is 3.70.